The fraction of sp³-hybridized carbons (Fsp3) is 0. The highest BCUT2D eigenvalue weighted by Gasteiger charge is 2.02. The van der Waals surface area contributed by atoms with Crippen LogP contribution in [0, 0.1) is 0 Å². The van der Waals surface area contributed by atoms with E-state index in [0.717, 1.165) is 21.9 Å². The summed E-state index contributed by atoms with van der Waals surface area (Å²) in [5.41, 5.74) is 1.94. The average molecular weight is 239 g/mol. The van der Waals surface area contributed by atoms with Crippen molar-refractivity contribution in [2.24, 2.45) is 0 Å². The maximum Gasteiger partial charge on any atom is 0.136 e. The highest BCUT2D eigenvalue weighted by Crippen LogP contribution is 2.23. The summed E-state index contributed by atoms with van der Waals surface area (Å²) in [6.07, 6.45) is 3.49. The van der Waals surface area contributed by atoms with E-state index in [4.69, 9.17) is 4.42 Å². The van der Waals surface area contributed by atoms with E-state index in [2.05, 4.69) is 10.2 Å². The number of benzene rings is 1. The molecule has 4 heteroatoms. The van der Waals surface area contributed by atoms with Gasteiger partial charge < -0.3 is 4.42 Å². The third kappa shape index (κ3) is 1.06. The number of halogens is 1. The number of fused-ring (bicyclic) bond motifs is 3. The van der Waals surface area contributed by atoms with Crippen molar-refractivity contribution in [1.29, 1.82) is 0 Å². The molecule has 0 saturated carbocycles. The van der Waals surface area contributed by atoms with Crippen LogP contribution in [-0.2, 0) is 0 Å². The Hall–Kier alpha value is -1.29. The number of furan rings is 1. The van der Waals surface area contributed by atoms with Crippen LogP contribution in [0.4, 0.5) is 0 Å². The van der Waals surface area contributed by atoms with Gasteiger partial charge in [-0.1, -0.05) is 0 Å². The molecule has 1 aromatic carbocycles. The van der Waals surface area contributed by atoms with E-state index in [1.54, 1.807) is 6.26 Å². The summed E-state index contributed by atoms with van der Waals surface area (Å²) in [6, 6.07) is 5.88. The van der Waals surface area contributed by atoms with E-state index in [1.165, 1.54) is 0 Å². The first kappa shape index (κ1) is 8.31. The Labute approximate surface area is 84.5 Å². The van der Waals surface area contributed by atoms with Crippen LogP contribution in [0.5, 0.6) is 0 Å². The number of hydrogen-bond donors (Lipinski definition) is 1. The molecule has 0 atom stereocenters. The Morgan fingerprint density at radius 3 is 3.08 bits per heavy atom. The van der Waals surface area contributed by atoms with E-state index in [9.17, 15) is 0 Å². The van der Waals surface area contributed by atoms with Crippen molar-refractivity contribution >= 4 is 38.9 Å². The van der Waals surface area contributed by atoms with Crippen LogP contribution in [0.2, 0.25) is 0 Å². The van der Waals surface area contributed by atoms with Crippen LogP contribution in [0.25, 0.3) is 21.9 Å². The van der Waals surface area contributed by atoms with Gasteiger partial charge in [0.05, 0.1) is 18.0 Å². The summed E-state index contributed by atoms with van der Waals surface area (Å²) in [7, 11) is 0. The van der Waals surface area contributed by atoms with Gasteiger partial charge in [-0.25, -0.2) is 0 Å². The van der Waals surface area contributed by atoms with Gasteiger partial charge in [-0.3, -0.25) is 5.10 Å². The second-order valence-corrected chi connectivity index (χ2v) is 2.73. The summed E-state index contributed by atoms with van der Waals surface area (Å²) >= 11 is 0. The van der Waals surface area contributed by atoms with Crippen LogP contribution in [0.15, 0.2) is 35.1 Å². The fourth-order valence-corrected chi connectivity index (χ4v) is 1.46. The first-order valence-electron chi connectivity index (χ1n) is 3.74. The van der Waals surface area contributed by atoms with Crippen LogP contribution in [-0.4, -0.2) is 10.2 Å². The fourth-order valence-electron chi connectivity index (χ4n) is 1.46. The van der Waals surface area contributed by atoms with E-state index >= 15 is 0 Å². The number of rotatable bonds is 0. The minimum atomic E-state index is 0. The molecule has 1 N–H and O–H groups in total. The third-order valence-corrected chi connectivity index (χ3v) is 2.05. The van der Waals surface area contributed by atoms with Gasteiger partial charge in [0.25, 0.3) is 0 Å². The van der Waals surface area contributed by atoms with Crippen molar-refractivity contribution in [2.45, 2.75) is 0 Å². The van der Waals surface area contributed by atoms with Crippen molar-refractivity contribution in [2.75, 3.05) is 0 Å². The molecule has 0 spiro atoms. The molecule has 2 heterocycles. The summed E-state index contributed by atoms with van der Waals surface area (Å²) in [5.74, 6) is 0. The molecule has 0 unspecified atom stereocenters. The van der Waals surface area contributed by atoms with Gasteiger partial charge in [0, 0.05) is 10.8 Å². The van der Waals surface area contributed by atoms with E-state index < -0.39 is 0 Å². The maximum atomic E-state index is 5.25. The minimum absolute atomic E-state index is 0. The minimum Gasteiger partial charge on any atom is -0.464 e. The van der Waals surface area contributed by atoms with Gasteiger partial charge >= 0.3 is 0 Å². The monoisotopic (exact) mass is 238 g/mol. The summed E-state index contributed by atoms with van der Waals surface area (Å²) in [5, 5.41) is 9.11. The van der Waals surface area contributed by atoms with Crippen LogP contribution in [0.3, 0.4) is 0 Å². The number of hydrogen-bond acceptors (Lipinski definition) is 2. The average Bonchev–Trinajstić information content (AvgIpc) is 2.71. The SMILES string of the molecule is Br.c1cc2c(ccc3cn[nH]c32)o1. The molecule has 3 aromatic rings. The molecular weight excluding hydrogens is 232 g/mol. The lowest BCUT2D eigenvalue weighted by Crippen LogP contribution is -1.69. The first-order chi connectivity index (χ1) is 5.95. The summed E-state index contributed by atoms with van der Waals surface area (Å²) in [6.45, 7) is 0. The Morgan fingerprint density at radius 2 is 2.15 bits per heavy atom. The number of aromatic amines is 1. The Balaban J connectivity index is 0.000000653. The predicted octanol–water partition coefficient (Wildman–Crippen LogP) is 2.89. The van der Waals surface area contributed by atoms with Gasteiger partial charge in [0.1, 0.15) is 5.58 Å². The largest absolute Gasteiger partial charge is 0.464 e. The molecule has 0 aliphatic rings. The number of aromatic nitrogens is 2. The van der Waals surface area contributed by atoms with Gasteiger partial charge in [0.15, 0.2) is 0 Å². The molecule has 66 valence electrons. The summed E-state index contributed by atoms with van der Waals surface area (Å²) in [4.78, 5) is 0. The lowest BCUT2D eigenvalue weighted by Gasteiger charge is -1.88. The molecule has 0 saturated heterocycles. The predicted molar refractivity (Wildman–Crippen MR) is 56.2 cm³/mol. The van der Waals surface area contributed by atoms with Crippen LogP contribution < -0.4 is 0 Å². The summed E-state index contributed by atoms with van der Waals surface area (Å²) < 4.78 is 5.25. The highest BCUT2D eigenvalue weighted by molar-refractivity contribution is 8.93. The van der Waals surface area contributed by atoms with Crippen molar-refractivity contribution in [1.82, 2.24) is 10.2 Å². The standard InChI is InChI=1S/C9H6N2O.BrH/c1-2-8-7(3-4-12-8)9-6(1)5-10-11-9;/h1-5H,(H,10,11);1H. The van der Waals surface area contributed by atoms with Crippen molar-refractivity contribution in [3.63, 3.8) is 0 Å². The zero-order chi connectivity index (χ0) is 7.97. The quantitative estimate of drug-likeness (QED) is 0.655. The van der Waals surface area contributed by atoms with E-state index in [1.807, 2.05) is 24.4 Å². The number of H-pyrrole nitrogens is 1. The zero-order valence-electron chi connectivity index (χ0n) is 6.65. The molecule has 0 aliphatic carbocycles. The second kappa shape index (κ2) is 2.88. The van der Waals surface area contributed by atoms with Gasteiger partial charge in [-0.2, -0.15) is 5.10 Å². The lowest BCUT2D eigenvalue weighted by atomic mass is 10.2. The molecule has 0 amide bonds. The molecule has 3 rings (SSSR count). The van der Waals surface area contributed by atoms with Crippen molar-refractivity contribution in [3.8, 4) is 0 Å². The van der Waals surface area contributed by atoms with Crippen molar-refractivity contribution in [3.05, 3.63) is 30.7 Å². The Bertz CT molecular complexity index is 491. The van der Waals surface area contributed by atoms with Gasteiger partial charge in [-0.15, -0.1) is 17.0 Å². The van der Waals surface area contributed by atoms with Gasteiger partial charge in [0.2, 0.25) is 0 Å². The molecule has 0 fully saturated rings. The molecule has 0 bridgehead atoms. The number of nitrogens with zero attached hydrogens (tertiary/aromatic N) is 1. The third-order valence-electron chi connectivity index (χ3n) is 2.05. The molecule has 2 aromatic heterocycles. The van der Waals surface area contributed by atoms with Crippen LogP contribution in [0.1, 0.15) is 0 Å². The number of nitrogens with one attached hydrogen (secondary N) is 1. The zero-order valence-corrected chi connectivity index (χ0v) is 8.36. The van der Waals surface area contributed by atoms with Gasteiger partial charge in [-0.05, 0) is 18.2 Å². The molecular formula is C9H7BrN2O. The molecule has 13 heavy (non-hydrogen) atoms. The lowest BCUT2D eigenvalue weighted by molar-refractivity contribution is 0.616. The maximum absolute atomic E-state index is 5.25. The van der Waals surface area contributed by atoms with Crippen molar-refractivity contribution < 1.29 is 4.42 Å². The van der Waals surface area contributed by atoms with E-state index in [0.29, 0.717) is 0 Å². The van der Waals surface area contributed by atoms with E-state index in [-0.39, 0.29) is 17.0 Å². The van der Waals surface area contributed by atoms with Crippen LogP contribution >= 0.6 is 17.0 Å². The topological polar surface area (TPSA) is 41.8 Å². The second-order valence-electron chi connectivity index (χ2n) is 2.73. The first-order valence-corrected chi connectivity index (χ1v) is 3.74. The molecule has 0 aliphatic heterocycles. The molecule has 0 radical (unpaired) electrons. The Morgan fingerprint density at radius 1 is 1.23 bits per heavy atom. The molecule has 3 nitrogen and oxygen atoms in total. The smallest absolute Gasteiger partial charge is 0.136 e. The normalized spacial score (nSPS) is 10.5. The Kier molecular flexibility index (Phi) is 1.84. The highest BCUT2D eigenvalue weighted by atomic mass is 79.9.